The van der Waals surface area contributed by atoms with E-state index in [9.17, 15) is 19.2 Å². The molecule has 3 aromatic carbocycles. The van der Waals surface area contributed by atoms with E-state index in [2.05, 4.69) is 10.6 Å². The van der Waals surface area contributed by atoms with Crippen LogP contribution in [-0.2, 0) is 20.7 Å². The number of rotatable bonds is 10. The Kier molecular flexibility index (Phi) is 10.7. The number of nitrogens with one attached hydrogen (secondary N) is 2. The quantitative estimate of drug-likeness (QED) is 0.292. The number of hydrogen-bond donors (Lipinski definition) is 2. The molecule has 226 valence electrons. The van der Waals surface area contributed by atoms with E-state index in [0.29, 0.717) is 11.3 Å². The third kappa shape index (κ3) is 9.26. The van der Waals surface area contributed by atoms with Gasteiger partial charge in [-0.15, -0.1) is 0 Å². The number of ether oxygens (including phenoxy) is 1. The second-order valence-corrected chi connectivity index (χ2v) is 11.9. The summed E-state index contributed by atoms with van der Waals surface area (Å²) in [4.78, 5) is 55.8. The lowest BCUT2D eigenvalue weighted by atomic mass is 9.95. The van der Waals surface area contributed by atoms with Gasteiger partial charge in [0, 0.05) is 23.6 Å². The van der Waals surface area contributed by atoms with Gasteiger partial charge in [-0.2, -0.15) is 0 Å². The predicted molar refractivity (Wildman–Crippen MR) is 167 cm³/mol. The summed E-state index contributed by atoms with van der Waals surface area (Å²) in [5.41, 5.74) is 1.07. The molecule has 0 aromatic heterocycles. The molecule has 1 aliphatic rings. The average Bonchev–Trinajstić information content (AvgIpc) is 2.99. The van der Waals surface area contributed by atoms with Crippen molar-refractivity contribution in [3.8, 4) is 0 Å². The number of anilines is 1. The summed E-state index contributed by atoms with van der Waals surface area (Å²) >= 11 is 0. The fourth-order valence-corrected chi connectivity index (χ4v) is 5.28. The molecular weight excluding hydrogens is 542 g/mol. The Balaban J connectivity index is 1.71. The Morgan fingerprint density at radius 1 is 0.837 bits per heavy atom. The van der Waals surface area contributed by atoms with Crippen LogP contribution in [-0.4, -0.2) is 47.9 Å². The first kappa shape index (κ1) is 31.5. The Morgan fingerprint density at radius 2 is 1.44 bits per heavy atom. The SMILES string of the molecule is CC(C)(C)OC(=O)N[C@@H](Cc1ccccc1)C(=O)N(CC(=O)NC1CCCCC1)c1ccccc1C(=O)c1ccccc1. The minimum Gasteiger partial charge on any atom is -0.444 e. The molecule has 0 aliphatic heterocycles. The molecule has 1 fully saturated rings. The van der Waals surface area contributed by atoms with E-state index in [1.54, 1.807) is 69.3 Å². The monoisotopic (exact) mass is 583 g/mol. The van der Waals surface area contributed by atoms with Gasteiger partial charge in [0.05, 0.1) is 5.69 Å². The van der Waals surface area contributed by atoms with Gasteiger partial charge in [0.15, 0.2) is 5.78 Å². The van der Waals surface area contributed by atoms with Crippen molar-refractivity contribution in [3.05, 3.63) is 102 Å². The molecule has 1 atom stereocenters. The molecule has 1 aliphatic carbocycles. The van der Waals surface area contributed by atoms with Crippen molar-refractivity contribution in [2.75, 3.05) is 11.4 Å². The molecule has 8 heteroatoms. The number of para-hydroxylation sites is 1. The maximum atomic E-state index is 14.5. The normalized spacial score (nSPS) is 14.3. The molecule has 2 N–H and O–H groups in total. The summed E-state index contributed by atoms with van der Waals surface area (Å²) in [5, 5.41) is 5.82. The minimum atomic E-state index is -1.07. The van der Waals surface area contributed by atoms with E-state index >= 15 is 0 Å². The maximum Gasteiger partial charge on any atom is 0.408 e. The van der Waals surface area contributed by atoms with Crippen molar-refractivity contribution in [3.63, 3.8) is 0 Å². The largest absolute Gasteiger partial charge is 0.444 e. The fourth-order valence-electron chi connectivity index (χ4n) is 5.28. The van der Waals surface area contributed by atoms with Crippen LogP contribution in [0.15, 0.2) is 84.9 Å². The second-order valence-electron chi connectivity index (χ2n) is 11.9. The number of ketones is 1. The summed E-state index contributed by atoms with van der Waals surface area (Å²) in [6, 6.07) is 23.8. The number of benzene rings is 3. The van der Waals surface area contributed by atoms with Crippen LogP contribution in [0.25, 0.3) is 0 Å². The molecule has 0 bridgehead atoms. The molecule has 4 rings (SSSR count). The molecule has 0 heterocycles. The summed E-state index contributed by atoms with van der Waals surface area (Å²) in [6.45, 7) is 4.92. The first-order chi connectivity index (χ1) is 20.6. The minimum absolute atomic E-state index is 0.0411. The van der Waals surface area contributed by atoms with E-state index < -0.39 is 23.6 Å². The second kappa shape index (κ2) is 14.6. The van der Waals surface area contributed by atoms with E-state index in [1.807, 2.05) is 36.4 Å². The highest BCUT2D eigenvalue weighted by molar-refractivity contribution is 6.15. The van der Waals surface area contributed by atoms with Gasteiger partial charge in [-0.3, -0.25) is 14.4 Å². The van der Waals surface area contributed by atoms with Crippen LogP contribution < -0.4 is 15.5 Å². The van der Waals surface area contributed by atoms with Crippen molar-refractivity contribution in [2.24, 2.45) is 0 Å². The van der Waals surface area contributed by atoms with E-state index in [4.69, 9.17) is 4.74 Å². The highest BCUT2D eigenvalue weighted by atomic mass is 16.6. The van der Waals surface area contributed by atoms with Gasteiger partial charge in [0.1, 0.15) is 18.2 Å². The van der Waals surface area contributed by atoms with Gasteiger partial charge in [-0.25, -0.2) is 4.79 Å². The standard InChI is InChI=1S/C35H41N3O5/c1-35(2,3)43-34(42)37-29(23-25-15-7-4-8-16-25)33(41)38(24-31(39)36-27-19-11-6-12-20-27)30-22-14-13-21-28(30)32(40)26-17-9-5-10-18-26/h4-5,7-10,13-18,21-22,27,29H,6,11-12,19-20,23-24H2,1-3H3,(H,36,39)(H,37,42)/t29-/m0/s1. The number of nitrogens with zero attached hydrogens (tertiary/aromatic N) is 1. The van der Waals surface area contributed by atoms with Gasteiger partial charge in [0.25, 0.3) is 5.91 Å². The molecule has 3 aromatic rings. The summed E-state index contributed by atoms with van der Waals surface area (Å²) in [7, 11) is 0. The third-order valence-electron chi connectivity index (χ3n) is 7.29. The number of hydrogen-bond acceptors (Lipinski definition) is 5. The van der Waals surface area contributed by atoms with E-state index in [1.165, 1.54) is 4.90 Å². The van der Waals surface area contributed by atoms with Crippen LogP contribution in [0, 0.1) is 0 Å². The van der Waals surface area contributed by atoms with E-state index in [0.717, 1.165) is 37.7 Å². The lowest BCUT2D eigenvalue weighted by Gasteiger charge is -2.31. The van der Waals surface area contributed by atoms with Crippen LogP contribution in [0.5, 0.6) is 0 Å². The van der Waals surface area contributed by atoms with Crippen molar-refractivity contribution in [2.45, 2.75) is 77.0 Å². The summed E-state index contributed by atoms with van der Waals surface area (Å²) in [6.07, 6.45) is 4.42. The zero-order valence-electron chi connectivity index (χ0n) is 25.2. The predicted octanol–water partition coefficient (Wildman–Crippen LogP) is 5.84. The molecule has 0 unspecified atom stereocenters. The Hall–Kier alpha value is -4.46. The smallest absolute Gasteiger partial charge is 0.408 e. The Bertz CT molecular complexity index is 1400. The Morgan fingerprint density at radius 3 is 2.09 bits per heavy atom. The summed E-state index contributed by atoms with van der Waals surface area (Å²) in [5.74, 6) is -1.12. The van der Waals surface area contributed by atoms with Crippen molar-refractivity contribution in [1.29, 1.82) is 0 Å². The molecule has 0 spiro atoms. The van der Waals surface area contributed by atoms with Crippen LogP contribution >= 0.6 is 0 Å². The van der Waals surface area contributed by atoms with Crippen LogP contribution in [0.2, 0.25) is 0 Å². The lowest BCUT2D eigenvalue weighted by molar-refractivity contribution is -0.125. The van der Waals surface area contributed by atoms with Crippen molar-refractivity contribution < 1.29 is 23.9 Å². The van der Waals surface area contributed by atoms with Crippen LogP contribution in [0.3, 0.4) is 0 Å². The van der Waals surface area contributed by atoms with E-state index in [-0.39, 0.29) is 36.3 Å². The van der Waals surface area contributed by atoms with Gasteiger partial charge in [0.2, 0.25) is 5.91 Å². The summed E-state index contributed by atoms with van der Waals surface area (Å²) < 4.78 is 5.49. The van der Waals surface area contributed by atoms with Gasteiger partial charge in [-0.05, 0) is 51.3 Å². The molecule has 43 heavy (non-hydrogen) atoms. The Labute approximate surface area is 253 Å². The van der Waals surface area contributed by atoms with Gasteiger partial charge in [-0.1, -0.05) is 92.1 Å². The zero-order valence-corrected chi connectivity index (χ0v) is 25.2. The topological polar surface area (TPSA) is 105 Å². The first-order valence-corrected chi connectivity index (χ1v) is 14.9. The zero-order chi connectivity index (χ0) is 30.8. The molecule has 1 saturated carbocycles. The number of carbonyl (C=O) groups is 4. The van der Waals surface area contributed by atoms with Gasteiger partial charge < -0.3 is 20.3 Å². The molecule has 8 nitrogen and oxygen atoms in total. The average molecular weight is 584 g/mol. The first-order valence-electron chi connectivity index (χ1n) is 14.9. The maximum absolute atomic E-state index is 14.5. The highest BCUT2D eigenvalue weighted by Gasteiger charge is 2.33. The molecular formula is C35H41N3O5. The number of carbonyl (C=O) groups excluding carboxylic acids is 4. The third-order valence-corrected chi connectivity index (χ3v) is 7.29. The fraction of sp³-hybridized carbons (Fsp3) is 0.371. The molecule has 0 radical (unpaired) electrons. The van der Waals surface area contributed by atoms with Crippen LogP contribution in [0.1, 0.15) is 74.4 Å². The van der Waals surface area contributed by atoms with Crippen LogP contribution in [0.4, 0.5) is 10.5 Å². The number of amides is 3. The lowest BCUT2D eigenvalue weighted by Crippen LogP contribution is -2.54. The molecule has 0 saturated heterocycles. The van der Waals surface area contributed by atoms with Crippen molar-refractivity contribution >= 4 is 29.4 Å². The molecule has 3 amide bonds. The number of alkyl carbamates (subject to hydrolysis) is 1. The van der Waals surface area contributed by atoms with Crippen molar-refractivity contribution in [1.82, 2.24) is 10.6 Å². The van der Waals surface area contributed by atoms with Gasteiger partial charge >= 0.3 is 6.09 Å². The highest BCUT2D eigenvalue weighted by Crippen LogP contribution is 2.25.